The normalized spacial score (nSPS) is 16.6. The molecule has 1 unspecified atom stereocenters. The van der Waals surface area contributed by atoms with Gasteiger partial charge in [0.2, 0.25) is 0 Å². The van der Waals surface area contributed by atoms with E-state index in [2.05, 4.69) is 27.4 Å². The van der Waals surface area contributed by atoms with Crippen molar-refractivity contribution in [2.75, 3.05) is 18.5 Å². The number of nitrogens with one attached hydrogen (secondary N) is 2. The molecule has 2 aromatic carbocycles. The maximum absolute atomic E-state index is 13.2. The summed E-state index contributed by atoms with van der Waals surface area (Å²) in [7, 11) is 0. The third-order valence-corrected chi connectivity index (χ3v) is 5.18. The predicted octanol–water partition coefficient (Wildman–Crippen LogP) is 2.23. The molecule has 3 heterocycles. The van der Waals surface area contributed by atoms with E-state index in [4.69, 9.17) is 14.6 Å². The third kappa shape index (κ3) is 4.11. The van der Waals surface area contributed by atoms with E-state index in [1.807, 2.05) is 23.1 Å². The molecule has 0 fully saturated rings. The maximum Gasteiger partial charge on any atom is 0.290 e. The SMILES string of the molecule is O=C1COc2cc(C(=O)N3Cc4[nH]cnc4C(c4ccccc4)C3)ccc2N1.O=CO. The molecule has 9 nitrogen and oxygen atoms in total. The van der Waals surface area contributed by atoms with Crippen molar-refractivity contribution in [1.82, 2.24) is 14.9 Å². The highest BCUT2D eigenvalue weighted by molar-refractivity contribution is 5.99. The first kappa shape index (κ1) is 20.1. The van der Waals surface area contributed by atoms with E-state index < -0.39 is 0 Å². The van der Waals surface area contributed by atoms with Crippen LogP contribution in [0.25, 0.3) is 0 Å². The summed E-state index contributed by atoms with van der Waals surface area (Å²) in [5.41, 5.74) is 4.20. The quantitative estimate of drug-likeness (QED) is 0.546. The second kappa shape index (κ2) is 8.70. The smallest absolute Gasteiger partial charge is 0.290 e. The Hall–Kier alpha value is -4.14. The van der Waals surface area contributed by atoms with Gasteiger partial charge in [-0.3, -0.25) is 14.4 Å². The third-order valence-electron chi connectivity index (χ3n) is 5.18. The second-order valence-corrected chi connectivity index (χ2v) is 7.07. The lowest BCUT2D eigenvalue weighted by atomic mass is 9.90. The molecule has 2 amide bonds. The van der Waals surface area contributed by atoms with Crippen molar-refractivity contribution >= 4 is 24.0 Å². The number of rotatable bonds is 2. The van der Waals surface area contributed by atoms with E-state index in [9.17, 15) is 9.59 Å². The number of carboxylic acid groups (broad SMARTS) is 1. The Labute approximate surface area is 177 Å². The van der Waals surface area contributed by atoms with E-state index in [0.29, 0.717) is 30.1 Å². The van der Waals surface area contributed by atoms with Crippen LogP contribution in [0, 0.1) is 0 Å². The number of H-pyrrole nitrogens is 1. The Morgan fingerprint density at radius 2 is 2.00 bits per heavy atom. The number of carbonyl (C=O) groups is 3. The van der Waals surface area contributed by atoms with Crippen LogP contribution >= 0.6 is 0 Å². The molecule has 158 valence electrons. The average molecular weight is 420 g/mol. The van der Waals surface area contributed by atoms with Gasteiger partial charge in [-0.25, -0.2) is 4.98 Å². The summed E-state index contributed by atoms with van der Waals surface area (Å²) in [6, 6.07) is 15.2. The standard InChI is InChI=1S/C21H18N4O3.CH2O2/c26-19-11-28-18-8-14(6-7-16(18)24-19)21(27)25-9-15(13-4-2-1-3-5-13)20-17(10-25)22-12-23-20;2-1-3/h1-8,12,15H,9-11H2,(H,22,23)(H,24,26);1H,(H,2,3). The highest BCUT2D eigenvalue weighted by Crippen LogP contribution is 2.33. The monoisotopic (exact) mass is 420 g/mol. The fourth-order valence-electron chi connectivity index (χ4n) is 3.81. The highest BCUT2D eigenvalue weighted by Gasteiger charge is 2.32. The fraction of sp³-hybridized carbons (Fsp3) is 0.182. The second-order valence-electron chi connectivity index (χ2n) is 7.07. The number of aromatic amines is 1. The summed E-state index contributed by atoms with van der Waals surface area (Å²) >= 11 is 0. The molecule has 0 saturated carbocycles. The maximum atomic E-state index is 13.2. The number of hydrogen-bond acceptors (Lipinski definition) is 5. The predicted molar refractivity (Wildman–Crippen MR) is 111 cm³/mol. The molecular formula is C22H20N4O5. The molecule has 0 spiro atoms. The van der Waals surface area contributed by atoms with E-state index in [1.165, 1.54) is 0 Å². The number of imidazole rings is 1. The molecule has 2 aliphatic heterocycles. The first-order valence-electron chi connectivity index (χ1n) is 9.61. The minimum atomic E-state index is -0.250. The number of aromatic nitrogens is 2. The van der Waals surface area contributed by atoms with E-state index in [0.717, 1.165) is 17.0 Å². The zero-order chi connectivity index (χ0) is 21.8. The van der Waals surface area contributed by atoms with Crippen LogP contribution in [0.3, 0.4) is 0 Å². The summed E-state index contributed by atoms with van der Waals surface area (Å²) in [6.45, 7) is 0.740. The molecule has 31 heavy (non-hydrogen) atoms. The lowest BCUT2D eigenvalue weighted by Gasteiger charge is -2.32. The van der Waals surface area contributed by atoms with Crippen LogP contribution in [0.15, 0.2) is 54.9 Å². The lowest BCUT2D eigenvalue weighted by Crippen LogP contribution is -2.38. The minimum Gasteiger partial charge on any atom is -0.483 e. The van der Waals surface area contributed by atoms with Crippen molar-refractivity contribution in [3.05, 3.63) is 77.4 Å². The summed E-state index contributed by atoms with van der Waals surface area (Å²) in [4.78, 5) is 42.5. The number of ether oxygens (including phenoxy) is 1. The first-order valence-corrected chi connectivity index (χ1v) is 9.61. The van der Waals surface area contributed by atoms with Gasteiger partial charge in [-0.05, 0) is 23.8 Å². The molecule has 0 radical (unpaired) electrons. The number of hydrogen-bond donors (Lipinski definition) is 3. The van der Waals surface area contributed by atoms with Gasteiger partial charge >= 0.3 is 0 Å². The first-order chi connectivity index (χ1) is 15.1. The van der Waals surface area contributed by atoms with Crippen LogP contribution in [0.4, 0.5) is 5.69 Å². The number of amides is 2. The molecule has 0 aliphatic carbocycles. The van der Waals surface area contributed by atoms with E-state index in [-0.39, 0.29) is 30.8 Å². The van der Waals surface area contributed by atoms with Crippen LogP contribution in [-0.2, 0) is 16.1 Å². The number of carbonyl (C=O) groups excluding carboxylic acids is 2. The van der Waals surface area contributed by atoms with Gasteiger partial charge in [0, 0.05) is 18.0 Å². The van der Waals surface area contributed by atoms with Crippen molar-refractivity contribution in [2.24, 2.45) is 0 Å². The van der Waals surface area contributed by atoms with E-state index in [1.54, 1.807) is 24.5 Å². The summed E-state index contributed by atoms with van der Waals surface area (Å²) in [5, 5.41) is 9.63. The van der Waals surface area contributed by atoms with E-state index >= 15 is 0 Å². The minimum absolute atomic E-state index is 0.0216. The molecule has 3 aromatic rings. The van der Waals surface area contributed by atoms with Gasteiger partial charge in [-0.15, -0.1) is 0 Å². The van der Waals surface area contributed by atoms with Crippen molar-refractivity contribution < 1.29 is 24.2 Å². The van der Waals surface area contributed by atoms with Gasteiger partial charge in [-0.1, -0.05) is 30.3 Å². The number of benzene rings is 2. The molecule has 9 heteroatoms. The van der Waals surface area contributed by atoms with Crippen molar-refractivity contribution in [2.45, 2.75) is 12.5 Å². The van der Waals surface area contributed by atoms with Crippen molar-refractivity contribution in [3.8, 4) is 5.75 Å². The number of nitrogens with zero attached hydrogens (tertiary/aromatic N) is 2. The molecule has 5 rings (SSSR count). The zero-order valence-electron chi connectivity index (χ0n) is 16.4. The van der Waals surface area contributed by atoms with Crippen molar-refractivity contribution in [1.29, 1.82) is 0 Å². The van der Waals surface area contributed by atoms with Gasteiger partial charge in [0.05, 0.1) is 29.9 Å². The molecule has 0 saturated heterocycles. The Balaban J connectivity index is 0.000000730. The average Bonchev–Trinajstić information content (AvgIpc) is 3.27. The summed E-state index contributed by atoms with van der Waals surface area (Å²) < 4.78 is 5.45. The Morgan fingerprint density at radius 1 is 1.23 bits per heavy atom. The van der Waals surface area contributed by atoms with Crippen LogP contribution in [0.5, 0.6) is 5.75 Å². The molecule has 3 N–H and O–H groups in total. The van der Waals surface area contributed by atoms with Crippen LogP contribution in [0.1, 0.15) is 33.2 Å². The van der Waals surface area contributed by atoms with Gasteiger partial charge in [-0.2, -0.15) is 0 Å². The summed E-state index contributed by atoms with van der Waals surface area (Å²) in [6.07, 6.45) is 1.68. The number of fused-ring (bicyclic) bond motifs is 2. The van der Waals surface area contributed by atoms with Crippen LogP contribution in [0.2, 0.25) is 0 Å². The highest BCUT2D eigenvalue weighted by atomic mass is 16.5. The fourth-order valence-corrected chi connectivity index (χ4v) is 3.81. The van der Waals surface area contributed by atoms with Crippen LogP contribution in [-0.4, -0.2) is 51.4 Å². The van der Waals surface area contributed by atoms with Gasteiger partial charge in [0.15, 0.2) is 6.61 Å². The van der Waals surface area contributed by atoms with Gasteiger partial charge in [0.1, 0.15) is 5.75 Å². The molecular weight excluding hydrogens is 400 g/mol. The summed E-state index contributed by atoms with van der Waals surface area (Å²) in [5.74, 6) is 0.266. The zero-order valence-corrected chi connectivity index (χ0v) is 16.4. The van der Waals surface area contributed by atoms with Gasteiger partial charge < -0.3 is 25.0 Å². The molecule has 2 aliphatic rings. The van der Waals surface area contributed by atoms with Gasteiger partial charge in [0.25, 0.3) is 18.3 Å². The number of anilines is 1. The largest absolute Gasteiger partial charge is 0.483 e. The Morgan fingerprint density at radius 3 is 2.77 bits per heavy atom. The van der Waals surface area contributed by atoms with Crippen molar-refractivity contribution in [3.63, 3.8) is 0 Å². The molecule has 0 bridgehead atoms. The molecule has 1 aromatic heterocycles. The molecule has 1 atom stereocenters. The Kier molecular flexibility index (Phi) is 5.65. The van der Waals surface area contributed by atoms with Crippen LogP contribution < -0.4 is 10.1 Å². The topological polar surface area (TPSA) is 125 Å². The lowest BCUT2D eigenvalue weighted by molar-refractivity contribution is -0.123. The Bertz CT molecular complexity index is 1110.